The quantitative estimate of drug-likeness (QED) is 0.214. The summed E-state index contributed by atoms with van der Waals surface area (Å²) in [5.74, 6) is -3.10. The van der Waals surface area contributed by atoms with Gasteiger partial charge in [-0.15, -0.1) is 0 Å². The largest absolute Gasteiger partial charge is 0.479 e. The van der Waals surface area contributed by atoms with E-state index in [1.54, 1.807) is 13.8 Å². The van der Waals surface area contributed by atoms with Crippen molar-refractivity contribution >= 4 is 28.0 Å². The van der Waals surface area contributed by atoms with Gasteiger partial charge in [0.15, 0.2) is 6.10 Å². The van der Waals surface area contributed by atoms with Gasteiger partial charge >= 0.3 is 11.9 Å². The van der Waals surface area contributed by atoms with Crippen LogP contribution in [0.1, 0.15) is 47.5 Å². The summed E-state index contributed by atoms with van der Waals surface area (Å²) in [7, 11) is -4.08. The number of carboxylic acids is 1. The van der Waals surface area contributed by atoms with Crippen LogP contribution in [0.3, 0.4) is 0 Å². The molecule has 0 aromatic carbocycles. The minimum Gasteiger partial charge on any atom is -0.479 e. The molecule has 0 aromatic heterocycles. The Morgan fingerprint density at radius 2 is 1.75 bits per heavy atom. The highest BCUT2D eigenvalue weighted by Gasteiger charge is 2.43. The predicted molar refractivity (Wildman–Crippen MR) is 99.8 cm³/mol. The number of ether oxygens (including phenoxy) is 1. The van der Waals surface area contributed by atoms with Gasteiger partial charge in [-0.05, 0) is 6.42 Å². The number of carboxylic acid groups (broad SMARTS) is 1. The van der Waals surface area contributed by atoms with Crippen LogP contribution >= 0.6 is 0 Å². The maximum absolute atomic E-state index is 12.3. The fourth-order valence-electron chi connectivity index (χ4n) is 2.21. The summed E-state index contributed by atoms with van der Waals surface area (Å²) in [5.41, 5.74) is -1.49. The number of nitrogens with one attached hydrogen (secondary N) is 1. The number of amides is 1. The molecule has 28 heavy (non-hydrogen) atoms. The van der Waals surface area contributed by atoms with E-state index in [1.807, 2.05) is 0 Å². The maximum atomic E-state index is 12.3. The number of rotatable bonds is 13. The second kappa shape index (κ2) is 11.3. The molecule has 1 unspecified atom stereocenters. The fraction of sp³-hybridized carbons (Fsp3) is 0.824. The molecule has 0 aliphatic carbocycles. The fourth-order valence-corrected chi connectivity index (χ4v) is 3.50. The Morgan fingerprint density at radius 1 is 1.18 bits per heavy atom. The van der Waals surface area contributed by atoms with Gasteiger partial charge in [0.1, 0.15) is 0 Å². The molecule has 164 valence electrons. The first-order valence-electron chi connectivity index (χ1n) is 8.93. The zero-order valence-electron chi connectivity index (χ0n) is 16.9. The van der Waals surface area contributed by atoms with Crippen LogP contribution in [0.15, 0.2) is 0 Å². The zero-order valence-corrected chi connectivity index (χ0v) is 17.7. The third-order valence-corrected chi connectivity index (χ3v) is 5.39. The number of aliphatic hydroxyl groups is 1. The van der Waals surface area contributed by atoms with Crippen LogP contribution in [0, 0.1) is 11.3 Å². The molecule has 2 atom stereocenters. The molecular formula is C17H31NO9S. The van der Waals surface area contributed by atoms with E-state index in [0.717, 1.165) is 0 Å². The molecule has 1 amide bonds. The number of carbonyl (C=O) groups excluding carboxylic acids is 2. The third kappa shape index (κ3) is 9.47. The van der Waals surface area contributed by atoms with Crippen LogP contribution < -0.4 is 5.32 Å². The summed E-state index contributed by atoms with van der Waals surface area (Å²) in [6.07, 6.45) is -3.17. The van der Waals surface area contributed by atoms with E-state index in [-0.39, 0.29) is 37.8 Å². The molecule has 0 saturated carbocycles. The lowest BCUT2D eigenvalue weighted by atomic mass is 9.79. The Bertz CT molecular complexity index is 643. The average molecular weight is 426 g/mol. The normalized spacial score (nSPS) is 14.4. The smallest absolute Gasteiger partial charge is 0.333 e. The van der Waals surface area contributed by atoms with E-state index in [9.17, 15) is 27.9 Å². The molecular weight excluding hydrogens is 394 g/mol. The van der Waals surface area contributed by atoms with Crippen molar-refractivity contribution in [2.45, 2.75) is 59.7 Å². The zero-order chi connectivity index (χ0) is 22.1. The van der Waals surface area contributed by atoms with Crippen LogP contribution in [-0.4, -0.2) is 67.6 Å². The molecule has 0 bridgehead atoms. The second-order valence-electron chi connectivity index (χ2n) is 7.36. The van der Waals surface area contributed by atoms with E-state index in [2.05, 4.69) is 5.32 Å². The van der Waals surface area contributed by atoms with Crippen molar-refractivity contribution in [2.24, 2.45) is 11.3 Å². The molecule has 10 nitrogen and oxygen atoms in total. The lowest BCUT2D eigenvalue weighted by Gasteiger charge is -2.35. The molecule has 0 aromatic rings. The molecule has 0 fully saturated rings. The van der Waals surface area contributed by atoms with E-state index in [1.165, 1.54) is 20.8 Å². The van der Waals surface area contributed by atoms with Crippen molar-refractivity contribution in [1.82, 2.24) is 5.32 Å². The SMILES string of the molecule is CC(=O)NCCCS(=O)(=O)OC(CCOC(=O)C(C)C)C(C)(C)[C@@H](O)C(=O)O. The van der Waals surface area contributed by atoms with Crippen molar-refractivity contribution < 1.29 is 41.9 Å². The molecule has 0 rings (SSSR count). The van der Waals surface area contributed by atoms with Gasteiger partial charge in [-0.2, -0.15) is 8.42 Å². The molecule has 11 heteroatoms. The second-order valence-corrected chi connectivity index (χ2v) is 9.07. The monoisotopic (exact) mass is 425 g/mol. The first-order chi connectivity index (χ1) is 12.7. The van der Waals surface area contributed by atoms with Crippen LogP contribution in [0.25, 0.3) is 0 Å². The Kier molecular flexibility index (Phi) is 10.6. The van der Waals surface area contributed by atoms with Gasteiger partial charge in [0, 0.05) is 25.3 Å². The van der Waals surface area contributed by atoms with E-state index >= 15 is 0 Å². The lowest BCUT2D eigenvalue weighted by Crippen LogP contribution is -2.47. The van der Waals surface area contributed by atoms with Crippen molar-refractivity contribution in [3.05, 3.63) is 0 Å². The standard InChI is InChI=1S/C17H31NO9S/c1-11(2)16(23)26-9-7-13(17(4,5)14(20)15(21)22)27-28(24,25)10-6-8-18-12(3)19/h11,13-14,20H,6-10H2,1-5H3,(H,18,19)(H,21,22)/t13?,14-/m0/s1. The number of esters is 1. The van der Waals surface area contributed by atoms with Crippen molar-refractivity contribution in [2.75, 3.05) is 18.9 Å². The van der Waals surface area contributed by atoms with Gasteiger partial charge in [0.25, 0.3) is 10.1 Å². The van der Waals surface area contributed by atoms with Crippen molar-refractivity contribution in [3.63, 3.8) is 0 Å². The van der Waals surface area contributed by atoms with Gasteiger partial charge in [-0.3, -0.25) is 13.8 Å². The van der Waals surface area contributed by atoms with Crippen LogP contribution in [0.2, 0.25) is 0 Å². The third-order valence-electron chi connectivity index (χ3n) is 4.07. The van der Waals surface area contributed by atoms with Gasteiger partial charge in [-0.1, -0.05) is 27.7 Å². The van der Waals surface area contributed by atoms with Crippen molar-refractivity contribution in [1.29, 1.82) is 0 Å². The molecule has 0 saturated heterocycles. The van der Waals surface area contributed by atoms with E-state index < -0.39 is 45.4 Å². The molecule has 3 N–H and O–H groups in total. The number of hydrogen-bond donors (Lipinski definition) is 3. The predicted octanol–water partition coefficient (Wildman–Crippen LogP) is 0.289. The summed E-state index contributed by atoms with van der Waals surface area (Å²) in [5, 5.41) is 21.5. The summed E-state index contributed by atoms with van der Waals surface area (Å²) >= 11 is 0. The van der Waals surface area contributed by atoms with Crippen LogP contribution in [-0.2, 0) is 33.4 Å². The Balaban J connectivity index is 5.18. The highest BCUT2D eigenvalue weighted by Crippen LogP contribution is 2.32. The average Bonchev–Trinajstić information content (AvgIpc) is 2.56. The summed E-state index contributed by atoms with van der Waals surface area (Å²) < 4.78 is 34.7. The highest BCUT2D eigenvalue weighted by atomic mass is 32.2. The van der Waals surface area contributed by atoms with Crippen molar-refractivity contribution in [3.8, 4) is 0 Å². The first kappa shape index (κ1) is 26.3. The van der Waals surface area contributed by atoms with Crippen LogP contribution in [0.4, 0.5) is 0 Å². The minimum absolute atomic E-state index is 0.0961. The van der Waals surface area contributed by atoms with Crippen LogP contribution in [0.5, 0.6) is 0 Å². The molecule has 0 aliphatic rings. The highest BCUT2D eigenvalue weighted by molar-refractivity contribution is 7.86. The Labute approximate surface area is 165 Å². The number of carbonyl (C=O) groups is 3. The summed E-state index contributed by atoms with van der Waals surface area (Å²) in [4.78, 5) is 33.6. The summed E-state index contributed by atoms with van der Waals surface area (Å²) in [6, 6.07) is 0. The maximum Gasteiger partial charge on any atom is 0.333 e. The Hall–Kier alpha value is -1.72. The van der Waals surface area contributed by atoms with Gasteiger partial charge < -0.3 is 20.3 Å². The number of aliphatic carboxylic acids is 1. The number of aliphatic hydroxyl groups excluding tert-OH is 1. The topological polar surface area (TPSA) is 156 Å². The van der Waals surface area contributed by atoms with Gasteiger partial charge in [0.05, 0.1) is 24.4 Å². The molecule has 0 aliphatic heterocycles. The molecule has 0 spiro atoms. The lowest BCUT2D eigenvalue weighted by molar-refractivity contribution is -0.159. The van der Waals surface area contributed by atoms with Gasteiger partial charge in [0.2, 0.25) is 5.91 Å². The van der Waals surface area contributed by atoms with E-state index in [0.29, 0.717) is 0 Å². The first-order valence-corrected chi connectivity index (χ1v) is 10.5. The van der Waals surface area contributed by atoms with Gasteiger partial charge in [-0.25, -0.2) is 4.79 Å². The molecule has 0 radical (unpaired) electrons. The minimum atomic E-state index is -4.08. The number of hydrogen-bond acceptors (Lipinski definition) is 8. The summed E-state index contributed by atoms with van der Waals surface area (Å²) in [6.45, 7) is 7.22. The Morgan fingerprint density at radius 3 is 2.21 bits per heavy atom. The molecule has 0 heterocycles. The van der Waals surface area contributed by atoms with E-state index in [4.69, 9.17) is 14.0 Å².